The molecule has 3 heterocycles. The second-order valence-electron chi connectivity index (χ2n) is 14.5. The van der Waals surface area contributed by atoms with E-state index >= 15 is 0 Å². The molecule has 0 aliphatic heterocycles. The van der Waals surface area contributed by atoms with Gasteiger partial charge >= 0.3 is 0 Å². The predicted molar refractivity (Wildman–Crippen MR) is 210 cm³/mol. The van der Waals surface area contributed by atoms with Crippen LogP contribution in [0.15, 0.2) is 144 Å². The van der Waals surface area contributed by atoms with Crippen molar-refractivity contribution in [1.82, 2.24) is 14.5 Å². The molecular weight excluding hydrogens is 623 g/mol. The fourth-order valence-corrected chi connectivity index (χ4v) is 8.88. The summed E-state index contributed by atoms with van der Waals surface area (Å²) in [5.41, 5.74) is 14.3. The van der Waals surface area contributed by atoms with E-state index in [1.54, 1.807) is 0 Å². The highest BCUT2D eigenvalue weighted by Crippen LogP contribution is 2.53. The fraction of sp³-hybridized carbons (Fsp3) is 0.106. The zero-order chi connectivity index (χ0) is 33.8. The molecule has 0 radical (unpaired) electrons. The van der Waals surface area contributed by atoms with Crippen LogP contribution in [0.4, 0.5) is 0 Å². The van der Waals surface area contributed by atoms with Crippen LogP contribution in [0.5, 0.6) is 0 Å². The maximum atomic E-state index is 6.76. The quantitative estimate of drug-likeness (QED) is 0.190. The second-order valence-corrected chi connectivity index (χ2v) is 14.5. The molecular formula is C47H33N3O. The van der Waals surface area contributed by atoms with Gasteiger partial charge in [0.05, 0.1) is 11.0 Å². The summed E-state index contributed by atoms with van der Waals surface area (Å²) in [5.74, 6) is 0.665. The van der Waals surface area contributed by atoms with Gasteiger partial charge in [-0.15, -0.1) is 0 Å². The van der Waals surface area contributed by atoms with Gasteiger partial charge in [0.1, 0.15) is 16.8 Å². The molecule has 2 aliphatic rings. The third kappa shape index (κ3) is 4.02. The van der Waals surface area contributed by atoms with E-state index in [-0.39, 0.29) is 5.41 Å². The molecule has 3 aromatic heterocycles. The summed E-state index contributed by atoms with van der Waals surface area (Å²) >= 11 is 0. The van der Waals surface area contributed by atoms with Gasteiger partial charge in [0.25, 0.3) is 0 Å². The van der Waals surface area contributed by atoms with Crippen LogP contribution in [0, 0.1) is 0 Å². The van der Waals surface area contributed by atoms with Gasteiger partial charge in [0.2, 0.25) is 5.95 Å². The summed E-state index contributed by atoms with van der Waals surface area (Å²) in [7, 11) is 0. The van der Waals surface area contributed by atoms with Gasteiger partial charge in [0.15, 0.2) is 5.58 Å². The molecule has 9 aromatic rings. The van der Waals surface area contributed by atoms with Crippen molar-refractivity contribution in [3.05, 3.63) is 162 Å². The van der Waals surface area contributed by atoms with Crippen molar-refractivity contribution in [2.45, 2.75) is 32.1 Å². The number of benzene rings is 6. The van der Waals surface area contributed by atoms with Crippen LogP contribution in [-0.2, 0) is 5.41 Å². The lowest BCUT2D eigenvalue weighted by molar-refractivity contribution is 0.661. The van der Waals surface area contributed by atoms with Crippen LogP contribution >= 0.6 is 0 Å². The first-order valence-corrected chi connectivity index (χ1v) is 17.8. The second kappa shape index (κ2) is 10.4. The van der Waals surface area contributed by atoms with E-state index < -0.39 is 0 Å². The van der Waals surface area contributed by atoms with Gasteiger partial charge in [-0.2, -0.15) is 0 Å². The Morgan fingerprint density at radius 1 is 0.627 bits per heavy atom. The number of nitrogens with zero attached hydrogens (tertiary/aromatic N) is 3. The van der Waals surface area contributed by atoms with E-state index in [0.717, 1.165) is 62.5 Å². The molecule has 242 valence electrons. The van der Waals surface area contributed by atoms with Crippen molar-refractivity contribution in [3.8, 4) is 17.1 Å². The maximum absolute atomic E-state index is 6.76. The molecule has 0 saturated carbocycles. The lowest BCUT2D eigenvalue weighted by Crippen LogP contribution is -2.17. The van der Waals surface area contributed by atoms with Crippen LogP contribution < -0.4 is 0 Å². The van der Waals surface area contributed by atoms with E-state index in [0.29, 0.717) is 5.95 Å². The zero-order valence-electron chi connectivity index (χ0n) is 28.4. The molecule has 4 nitrogen and oxygen atoms in total. The van der Waals surface area contributed by atoms with Gasteiger partial charge in [-0.25, -0.2) is 9.97 Å². The molecule has 0 atom stereocenters. The smallest absolute Gasteiger partial charge is 0.236 e. The van der Waals surface area contributed by atoms with E-state index in [4.69, 9.17) is 14.4 Å². The Kier molecular flexibility index (Phi) is 5.81. The van der Waals surface area contributed by atoms with E-state index in [2.05, 4.69) is 158 Å². The Balaban J connectivity index is 1.24. The van der Waals surface area contributed by atoms with Crippen LogP contribution in [0.25, 0.3) is 82.9 Å². The molecule has 0 N–H and O–H groups in total. The van der Waals surface area contributed by atoms with Crippen LogP contribution in [0.1, 0.15) is 49.1 Å². The summed E-state index contributed by atoms with van der Waals surface area (Å²) in [6.07, 6.45) is 6.28. The minimum Gasteiger partial charge on any atom is -0.452 e. The Bertz CT molecular complexity index is 2990. The van der Waals surface area contributed by atoms with Crippen molar-refractivity contribution in [2.75, 3.05) is 0 Å². The SMILES string of the molecule is CC1(C)c2ccccc2-c2ccc3c4ccccc4n(-c4nc(C5=CC=C(c6ccccc6)CC5)c5oc6cc7ccccc7cc6c5n4)c3c21. The Labute approximate surface area is 295 Å². The molecule has 0 saturated heterocycles. The van der Waals surface area contributed by atoms with Crippen LogP contribution in [0.2, 0.25) is 0 Å². The van der Waals surface area contributed by atoms with E-state index in [9.17, 15) is 0 Å². The monoisotopic (exact) mass is 655 g/mol. The number of fused-ring (bicyclic) bond motifs is 11. The molecule has 0 spiro atoms. The van der Waals surface area contributed by atoms with Crippen molar-refractivity contribution in [1.29, 1.82) is 0 Å². The molecule has 2 aliphatic carbocycles. The van der Waals surface area contributed by atoms with Gasteiger partial charge in [-0.05, 0) is 80.8 Å². The van der Waals surface area contributed by atoms with Gasteiger partial charge in [0, 0.05) is 21.6 Å². The number of para-hydroxylation sites is 1. The molecule has 0 bridgehead atoms. The third-order valence-corrected chi connectivity index (χ3v) is 11.3. The van der Waals surface area contributed by atoms with Crippen molar-refractivity contribution >= 4 is 65.8 Å². The average molecular weight is 656 g/mol. The summed E-state index contributed by atoms with van der Waals surface area (Å²) < 4.78 is 9.09. The first-order valence-electron chi connectivity index (χ1n) is 17.8. The minimum absolute atomic E-state index is 0.212. The van der Waals surface area contributed by atoms with Gasteiger partial charge in [-0.1, -0.05) is 135 Å². The number of rotatable bonds is 3. The maximum Gasteiger partial charge on any atom is 0.236 e. The van der Waals surface area contributed by atoms with Crippen molar-refractivity contribution in [3.63, 3.8) is 0 Å². The molecule has 0 amide bonds. The highest BCUT2D eigenvalue weighted by atomic mass is 16.3. The van der Waals surface area contributed by atoms with E-state index in [1.807, 2.05) is 0 Å². The van der Waals surface area contributed by atoms with Crippen LogP contribution in [-0.4, -0.2) is 14.5 Å². The molecule has 0 fully saturated rings. The zero-order valence-corrected chi connectivity index (χ0v) is 28.4. The largest absolute Gasteiger partial charge is 0.452 e. The lowest BCUT2D eigenvalue weighted by atomic mass is 9.81. The number of aromatic nitrogens is 3. The number of furan rings is 1. The van der Waals surface area contributed by atoms with E-state index in [1.165, 1.54) is 49.7 Å². The van der Waals surface area contributed by atoms with Crippen molar-refractivity contribution in [2.24, 2.45) is 0 Å². The molecule has 51 heavy (non-hydrogen) atoms. The Hall–Kier alpha value is -6.26. The third-order valence-electron chi connectivity index (χ3n) is 11.3. The molecule has 0 unspecified atom stereocenters. The molecule has 11 rings (SSSR count). The van der Waals surface area contributed by atoms with Crippen LogP contribution in [0.3, 0.4) is 0 Å². The first-order chi connectivity index (χ1) is 25.0. The summed E-state index contributed by atoms with van der Waals surface area (Å²) in [4.78, 5) is 11.0. The van der Waals surface area contributed by atoms with Crippen molar-refractivity contribution < 1.29 is 4.42 Å². The minimum atomic E-state index is -0.212. The Morgan fingerprint density at radius 3 is 2.20 bits per heavy atom. The normalized spacial score (nSPS) is 15.1. The summed E-state index contributed by atoms with van der Waals surface area (Å²) in [5, 5.41) is 5.72. The number of hydrogen-bond acceptors (Lipinski definition) is 3. The summed E-state index contributed by atoms with van der Waals surface area (Å²) in [6.45, 7) is 4.71. The highest BCUT2D eigenvalue weighted by Gasteiger charge is 2.38. The molecule has 4 heteroatoms. The summed E-state index contributed by atoms with van der Waals surface area (Å²) in [6, 6.07) is 45.6. The van der Waals surface area contributed by atoms with Gasteiger partial charge in [-0.3, -0.25) is 4.57 Å². The predicted octanol–water partition coefficient (Wildman–Crippen LogP) is 12.2. The first kappa shape index (κ1) is 28.6. The topological polar surface area (TPSA) is 43.9 Å². The van der Waals surface area contributed by atoms with Gasteiger partial charge < -0.3 is 4.42 Å². The number of allylic oxidation sites excluding steroid dienone is 4. The Morgan fingerprint density at radius 2 is 1.35 bits per heavy atom. The highest BCUT2D eigenvalue weighted by molar-refractivity contribution is 6.14. The number of hydrogen-bond donors (Lipinski definition) is 0. The lowest BCUT2D eigenvalue weighted by Gasteiger charge is -2.23. The standard InChI is InChI=1S/C47H33N3O/c1-47(2)38-18-10-8-16-33(38)35-24-25-36-34-17-9-11-19-39(34)50(44(36)41(35)47)46-48-42(30-22-20-29(21-23-30)28-12-4-3-5-13-28)45-43(49-46)37-26-31-14-6-7-15-32(31)27-40(37)51-45/h3-20,22,24-27H,21,23H2,1-2H3. The fourth-order valence-electron chi connectivity index (χ4n) is 8.88. The average Bonchev–Trinajstić information content (AvgIpc) is 3.79. The molecule has 6 aromatic carbocycles.